The summed E-state index contributed by atoms with van der Waals surface area (Å²) in [6.07, 6.45) is 10.3. The molecule has 0 bridgehead atoms. The third-order valence-electron chi connectivity index (χ3n) is 6.00. The van der Waals surface area contributed by atoms with Crippen molar-refractivity contribution in [2.24, 2.45) is 11.8 Å². The van der Waals surface area contributed by atoms with Gasteiger partial charge in [0.25, 0.3) is 0 Å². The van der Waals surface area contributed by atoms with Crippen molar-refractivity contribution < 1.29 is 23.8 Å². The molecule has 2 unspecified atom stereocenters. The van der Waals surface area contributed by atoms with Crippen LogP contribution in [0.25, 0.3) is 0 Å². The van der Waals surface area contributed by atoms with Crippen LogP contribution in [0, 0.1) is 11.8 Å². The van der Waals surface area contributed by atoms with Crippen molar-refractivity contribution in [1.29, 1.82) is 0 Å². The summed E-state index contributed by atoms with van der Waals surface area (Å²) < 4.78 is 15.9. The van der Waals surface area contributed by atoms with Gasteiger partial charge >= 0.3 is 0 Å². The number of ketones is 2. The molecule has 170 valence electrons. The lowest BCUT2D eigenvalue weighted by Gasteiger charge is -2.35. The first kappa shape index (κ1) is 26.5. The molecule has 0 amide bonds. The van der Waals surface area contributed by atoms with Gasteiger partial charge in [0.2, 0.25) is 0 Å². The molecule has 1 saturated carbocycles. The summed E-state index contributed by atoms with van der Waals surface area (Å²) >= 11 is 0. The Hall–Kier alpha value is -1.56. The minimum atomic E-state index is -0.806. The third-order valence-corrected chi connectivity index (χ3v) is 6.00. The zero-order chi connectivity index (χ0) is 22.9. The Bertz CT molecular complexity index is 671. The molecule has 30 heavy (non-hydrogen) atoms. The first-order valence-corrected chi connectivity index (χ1v) is 10.7. The maximum Gasteiger partial charge on any atom is 0.168 e. The fourth-order valence-electron chi connectivity index (χ4n) is 3.67. The van der Waals surface area contributed by atoms with Crippen molar-refractivity contribution in [2.75, 3.05) is 21.3 Å². The minimum Gasteiger partial charge on any atom is -0.375 e. The number of carbonyl (C=O) groups excluding carboxylic acids is 2. The molecule has 5 heteroatoms. The summed E-state index contributed by atoms with van der Waals surface area (Å²) in [4.78, 5) is 25.3. The maximum atomic E-state index is 12.8. The van der Waals surface area contributed by atoms with Crippen LogP contribution in [0.3, 0.4) is 0 Å². The van der Waals surface area contributed by atoms with Gasteiger partial charge in [-0.2, -0.15) is 0 Å². The van der Waals surface area contributed by atoms with Crippen LogP contribution in [0.15, 0.2) is 35.5 Å². The van der Waals surface area contributed by atoms with Gasteiger partial charge in [-0.1, -0.05) is 42.4 Å². The van der Waals surface area contributed by atoms with Crippen LogP contribution >= 0.6 is 0 Å². The smallest absolute Gasteiger partial charge is 0.168 e. The molecule has 1 fully saturated rings. The lowest BCUT2D eigenvalue weighted by Crippen LogP contribution is -2.54. The first-order valence-electron chi connectivity index (χ1n) is 10.7. The normalized spacial score (nSPS) is 26.7. The van der Waals surface area contributed by atoms with Gasteiger partial charge in [-0.05, 0) is 53.4 Å². The Kier molecular flexibility index (Phi) is 10.9. The van der Waals surface area contributed by atoms with Gasteiger partial charge < -0.3 is 14.2 Å². The van der Waals surface area contributed by atoms with Crippen LogP contribution in [-0.4, -0.2) is 50.7 Å². The molecule has 0 aromatic carbocycles. The monoisotopic (exact) mass is 420 g/mol. The molecule has 1 aliphatic rings. The Morgan fingerprint density at radius 3 is 2.13 bits per heavy atom. The number of ether oxygens (including phenoxy) is 3. The number of hydrogen-bond acceptors (Lipinski definition) is 5. The largest absolute Gasteiger partial charge is 0.375 e. The zero-order valence-corrected chi connectivity index (χ0v) is 20.0. The van der Waals surface area contributed by atoms with E-state index in [9.17, 15) is 9.59 Å². The summed E-state index contributed by atoms with van der Waals surface area (Å²) in [6.45, 7) is 10.1. The predicted octanol–water partition coefficient (Wildman–Crippen LogP) is 4.85. The highest BCUT2D eigenvalue weighted by Crippen LogP contribution is 2.31. The highest BCUT2D eigenvalue weighted by atomic mass is 16.5. The van der Waals surface area contributed by atoms with Crippen molar-refractivity contribution in [3.63, 3.8) is 0 Å². The molecule has 0 heterocycles. The summed E-state index contributed by atoms with van der Waals surface area (Å²) in [7, 11) is 4.61. The molecule has 0 aliphatic heterocycles. The van der Waals surface area contributed by atoms with E-state index >= 15 is 0 Å². The van der Waals surface area contributed by atoms with Crippen molar-refractivity contribution in [3.8, 4) is 0 Å². The fraction of sp³-hybridized carbons (Fsp3) is 0.680. The van der Waals surface area contributed by atoms with Gasteiger partial charge in [-0.15, -0.1) is 0 Å². The molecule has 0 spiro atoms. The quantitative estimate of drug-likeness (QED) is 0.447. The summed E-state index contributed by atoms with van der Waals surface area (Å²) in [5.41, 5.74) is 2.31. The molecule has 5 nitrogen and oxygen atoms in total. The Labute approximate surface area is 182 Å². The van der Waals surface area contributed by atoms with Crippen LogP contribution in [0.5, 0.6) is 0 Å². The summed E-state index contributed by atoms with van der Waals surface area (Å²) in [5.74, 6) is -0.802. The van der Waals surface area contributed by atoms with E-state index in [1.54, 1.807) is 7.11 Å². The number of rotatable bonds is 11. The van der Waals surface area contributed by atoms with E-state index in [2.05, 4.69) is 38.2 Å². The van der Waals surface area contributed by atoms with Crippen LogP contribution in [0.4, 0.5) is 0 Å². The van der Waals surface area contributed by atoms with E-state index in [0.717, 1.165) is 19.3 Å². The van der Waals surface area contributed by atoms with E-state index in [1.807, 2.05) is 20.8 Å². The van der Waals surface area contributed by atoms with Crippen molar-refractivity contribution in [2.45, 2.75) is 78.1 Å². The molecule has 4 atom stereocenters. The average molecular weight is 421 g/mol. The number of hydrogen-bond donors (Lipinski definition) is 0. The second kappa shape index (κ2) is 12.3. The molecule has 0 N–H and O–H groups in total. The Balaban J connectivity index is 2.60. The lowest BCUT2D eigenvalue weighted by molar-refractivity contribution is -0.163. The molecule has 0 aromatic heterocycles. The second-order valence-corrected chi connectivity index (χ2v) is 8.80. The molecular formula is C25H40O5. The maximum absolute atomic E-state index is 12.8. The number of allylic oxidation sites excluding steroid dienone is 5. The number of methoxy groups -OCH3 is 3. The van der Waals surface area contributed by atoms with Crippen molar-refractivity contribution in [3.05, 3.63) is 35.5 Å². The Morgan fingerprint density at radius 2 is 1.57 bits per heavy atom. The van der Waals surface area contributed by atoms with Gasteiger partial charge in [0.1, 0.15) is 12.2 Å². The highest BCUT2D eigenvalue weighted by Gasteiger charge is 2.47. The Morgan fingerprint density at radius 1 is 0.967 bits per heavy atom. The predicted molar refractivity (Wildman–Crippen MR) is 120 cm³/mol. The van der Waals surface area contributed by atoms with Gasteiger partial charge in [0.15, 0.2) is 11.6 Å². The summed E-state index contributed by atoms with van der Waals surface area (Å²) in [5, 5.41) is 0. The second-order valence-electron chi connectivity index (χ2n) is 8.80. The van der Waals surface area contributed by atoms with Crippen LogP contribution in [0.1, 0.15) is 60.3 Å². The van der Waals surface area contributed by atoms with Crippen LogP contribution < -0.4 is 0 Å². The molecule has 0 radical (unpaired) electrons. The van der Waals surface area contributed by atoms with E-state index in [0.29, 0.717) is 6.42 Å². The lowest BCUT2D eigenvalue weighted by atomic mass is 9.73. The van der Waals surface area contributed by atoms with Crippen molar-refractivity contribution in [1.82, 2.24) is 0 Å². The molecular weight excluding hydrogens is 380 g/mol. The molecule has 1 aliphatic carbocycles. The average Bonchev–Trinajstić information content (AvgIpc) is 2.70. The molecule has 0 aromatic rings. The van der Waals surface area contributed by atoms with Crippen LogP contribution in [0.2, 0.25) is 0 Å². The SMILES string of the molecule is COC1C(=O)[C@H](C)[C@@H](CC=C(C)CCC=C(C)CC=CC(C)(C)OC)C(=O)C1OC. The van der Waals surface area contributed by atoms with Gasteiger partial charge in [0, 0.05) is 33.2 Å². The van der Waals surface area contributed by atoms with Crippen molar-refractivity contribution >= 4 is 11.6 Å². The van der Waals surface area contributed by atoms with Gasteiger partial charge in [-0.3, -0.25) is 9.59 Å². The first-order chi connectivity index (χ1) is 14.1. The highest BCUT2D eigenvalue weighted by molar-refractivity contribution is 6.02. The van der Waals surface area contributed by atoms with E-state index < -0.39 is 12.2 Å². The standard InChI is InChI=1S/C25H40O5/c1-17(13-10-16-25(4,5)30-8)11-9-12-18(2)14-15-20-19(3)21(26)23(28-6)24(29-7)22(20)27/h10-11,14,16,19-20,23-24H,9,12-13,15H2,1-8H3/t19-,20-,23?,24?/m1/s1. The number of Topliss-reactive ketones (excluding diaryl/α,β-unsaturated/α-hetero) is 2. The third kappa shape index (κ3) is 7.60. The summed E-state index contributed by atoms with van der Waals surface area (Å²) in [6, 6.07) is 0. The van der Waals surface area contributed by atoms with E-state index in [4.69, 9.17) is 14.2 Å². The molecule has 1 rings (SSSR count). The minimum absolute atomic E-state index is 0.0398. The number of carbonyl (C=O) groups is 2. The van der Waals surface area contributed by atoms with E-state index in [1.165, 1.54) is 25.4 Å². The zero-order valence-electron chi connectivity index (χ0n) is 20.0. The molecule has 0 saturated heterocycles. The van der Waals surface area contributed by atoms with Gasteiger partial charge in [0.05, 0.1) is 5.60 Å². The van der Waals surface area contributed by atoms with E-state index in [-0.39, 0.29) is 29.0 Å². The van der Waals surface area contributed by atoms with Gasteiger partial charge in [-0.25, -0.2) is 0 Å². The topological polar surface area (TPSA) is 61.8 Å². The van der Waals surface area contributed by atoms with Crippen LogP contribution in [-0.2, 0) is 23.8 Å². The fourth-order valence-corrected chi connectivity index (χ4v) is 3.67.